The van der Waals surface area contributed by atoms with E-state index >= 15 is 0 Å². The van der Waals surface area contributed by atoms with Gasteiger partial charge in [0.2, 0.25) is 0 Å². The molecular formula is C20H25NS. The van der Waals surface area contributed by atoms with Crippen molar-refractivity contribution in [3.8, 4) is 0 Å². The van der Waals surface area contributed by atoms with Crippen molar-refractivity contribution in [1.82, 2.24) is 4.90 Å². The molecule has 22 heavy (non-hydrogen) atoms. The van der Waals surface area contributed by atoms with E-state index in [2.05, 4.69) is 54.5 Å². The number of thiophene rings is 1. The summed E-state index contributed by atoms with van der Waals surface area (Å²) in [4.78, 5) is 2.74. The zero-order valence-electron chi connectivity index (χ0n) is 13.6. The maximum absolute atomic E-state index is 2.74. The Bertz CT molecular complexity index is 699. The van der Waals surface area contributed by atoms with Gasteiger partial charge in [0.05, 0.1) is 0 Å². The van der Waals surface area contributed by atoms with Gasteiger partial charge in [0.1, 0.15) is 0 Å². The molecule has 0 N–H and O–H groups in total. The van der Waals surface area contributed by atoms with E-state index in [9.17, 15) is 0 Å². The van der Waals surface area contributed by atoms with Crippen molar-refractivity contribution in [3.05, 3.63) is 46.9 Å². The van der Waals surface area contributed by atoms with Gasteiger partial charge in [0.15, 0.2) is 0 Å². The standard InChI is InChI=1S/C20H25NS/c1-3-16-11-15-5-6-19(16)21(12-15)9-8-17-13-22-20-7-4-14(2)10-18(17)20/h4-7,10,13,15-16,19H,3,8-9,11-12H2,1-2H3. The summed E-state index contributed by atoms with van der Waals surface area (Å²) in [7, 11) is 0. The van der Waals surface area contributed by atoms with E-state index in [1.165, 1.54) is 48.0 Å². The van der Waals surface area contributed by atoms with Crippen molar-refractivity contribution in [2.75, 3.05) is 13.1 Å². The molecule has 1 fully saturated rings. The van der Waals surface area contributed by atoms with Gasteiger partial charge in [0, 0.05) is 23.8 Å². The third kappa shape index (κ3) is 2.53. The van der Waals surface area contributed by atoms with E-state index in [-0.39, 0.29) is 0 Å². The Morgan fingerprint density at radius 3 is 3.00 bits per heavy atom. The minimum Gasteiger partial charge on any atom is -0.296 e. The molecule has 2 bridgehead atoms. The molecule has 3 atom stereocenters. The van der Waals surface area contributed by atoms with Crippen LogP contribution in [0.15, 0.2) is 35.7 Å². The van der Waals surface area contributed by atoms with Crippen LogP contribution < -0.4 is 0 Å². The number of fused-ring (bicyclic) bond motifs is 3. The van der Waals surface area contributed by atoms with Crippen molar-refractivity contribution < 1.29 is 0 Å². The molecule has 3 unspecified atom stereocenters. The van der Waals surface area contributed by atoms with Crippen LogP contribution in [0, 0.1) is 18.8 Å². The van der Waals surface area contributed by atoms with Gasteiger partial charge in [-0.05, 0) is 54.0 Å². The second-order valence-electron chi connectivity index (χ2n) is 7.05. The summed E-state index contributed by atoms with van der Waals surface area (Å²) in [5.41, 5.74) is 2.92. The molecule has 1 aromatic heterocycles. The first-order valence-corrected chi connectivity index (χ1v) is 9.51. The summed E-state index contributed by atoms with van der Waals surface area (Å²) in [6.07, 6.45) is 8.88. The average molecular weight is 311 g/mol. The summed E-state index contributed by atoms with van der Waals surface area (Å²) in [6.45, 7) is 7.04. The SMILES string of the molecule is CCC1CC2C=CC1N(CCc1csc3ccc(C)cc13)C2. The fourth-order valence-electron chi connectivity index (χ4n) is 4.31. The number of hydrogen-bond acceptors (Lipinski definition) is 2. The minimum atomic E-state index is 0.696. The van der Waals surface area contributed by atoms with E-state index in [0.29, 0.717) is 6.04 Å². The second kappa shape index (κ2) is 5.82. The molecule has 5 rings (SSSR count). The van der Waals surface area contributed by atoms with Gasteiger partial charge >= 0.3 is 0 Å². The van der Waals surface area contributed by atoms with Crippen molar-refractivity contribution in [3.63, 3.8) is 0 Å². The van der Waals surface area contributed by atoms with Crippen LogP contribution in [0.3, 0.4) is 0 Å². The van der Waals surface area contributed by atoms with Crippen LogP contribution in [0.5, 0.6) is 0 Å². The lowest BCUT2D eigenvalue weighted by Crippen LogP contribution is -2.50. The monoisotopic (exact) mass is 311 g/mol. The van der Waals surface area contributed by atoms with E-state index in [4.69, 9.17) is 0 Å². The number of hydrogen-bond donors (Lipinski definition) is 0. The Hall–Kier alpha value is -1.12. The average Bonchev–Trinajstić information content (AvgIpc) is 2.95. The van der Waals surface area contributed by atoms with Gasteiger partial charge < -0.3 is 0 Å². The predicted octanol–water partition coefficient (Wildman–Crippen LogP) is 5.04. The number of aryl methyl sites for hydroxylation is 1. The Kier molecular flexibility index (Phi) is 3.83. The third-order valence-electron chi connectivity index (χ3n) is 5.56. The van der Waals surface area contributed by atoms with Crippen molar-refractivity contribution in [1.29, 1.82) is 0 Å². The molecule has 3 aliphatic rings. The fraction of sp³-hybridized carbons (Fsp3) is 0.500. The van der Waals surface area contributed by atoms with Crippen LogP contribution in [-0.4, -0.2) is 24.0 Å². The number of benzene rings is 1. The summed E-state index contributed by atoms with van der Waals surface area (Å²) in [6, 6.07) is 7.56. The highest BCUT2D eigenvalue weighted by Gasteiger charge is 2.35. The highest BCUT2D eigenvalue weighted by atomic mass is 32.1. The molecule has 0 saturated carbocycles. The van der Waals surface area contributed by atoms with Gasteiger partial charge in [-0.3, -0.25) is 4.90 Å². The lowest BCUT2D eigenvalue weighted by Gasteiger charge is -2.46. The third-order valence-corrected chi connectivity index (χ3v) is 6.57. The predicted molar refractivity (Wildman–Crippen MR) is 96.7 cm³/mol. The first kappa shape index (κ1) is 14.5. The fourth-order valence-corrected chi connectivity index (χ4v) is 5.29. The molecular weight excluding hydrogens is 286 g/mol. The summed E-state index contributed by atoms with van der Waals surface area (Å²) < 4.78 is 1.44. The topological polar surface area (TPSA) is 3.24 Å². The van der Waals surface area contributed by atoms with Gasteiger partial charge in [-0.2, -0.15) is 0 Å². The highest BCUT2D eigenvalue weighted by molar-refractivity contribution is 7.17. The quantitative estimate of drug-likeness (QED) is 0.715. The number of nitrogens with zero attached hydrogens (tertiary/aromatic N) is 1. The van der Waals surface area contributed by atoms with Crippen LogP contribution in [-0.2, 0) is 6.42 Å². The molecule has 0 radical (unpaired) electrons. The maximum Gasteiger partial charge on any atom is 0.0345 e. The minimum absolute atomic E-state index is 0.696. The highest BCUT2D eigenvalue weighted by Crippen LogP contribution is 2.36. The molecule has 1 saturated heterocycles. The lowest BCUT2D eigenvalue weighted by molar-refractivity contribution is 0.0826. The number of rotatable bonds is 4. The molecule has 0 amide bonds. The van der Waals surface area contributed by atoms with Gasteiger partial charge in [0.25, 0.3) is 0 Å². The maximum atomic E-state index is 2.74. The first-order valence-electron chi connectivity index (χ1n) is 8.63. The molecule has 2 heteroatoms. The number of piperidine rings is 1. The molecule has 0 spiro atoms. The summed E-state index contributed by atoms with van der Waals surface area (Å²) in [5, 5.41) is 3.86. The van der Waals surface area contributed by atoms with Crippen LogP contribution in [0.4, 0.5) is 0 Å². The molecule has 1 nitrogen and oxygen atoms in total. The largest absolute Gasteiger partial charge is 0.296 e. The molecule has 2 aliphatic heterocycles. The van der Waals surface area contributed by atoms with Crippen molar-refractivity contribution >= 4 is 21.4 Å². The zero-order chi connectivity index (χ0) is 15.1. The zero-order valence-corrected chi connectivity index (χ0v) is 14.4. The molecule has 3 heterocycles. The Morgan fingerprint density at radius 2 is 2.18 bits per heavy atom. The van der Waals surface area contributed by atoms with Crippen LogP contribution in [0.2, 0.25) is 0 Å². The van der Waals surface area contributed by atoms with E-state index in [0.717, 1.165) is 11.8 Å². The molecule has 116 valence electrons. The summed E-state index contributed by atoms with van der Waals surface area (Å²) in [5.74, 6) is 1.68. The molecule has 2 aromatic rings. The Balaban J connectivity index is 1.50. The smallest absolute Gasteiger partial charge is 0.0345 e. The van der Waals surface area contributed by atoms with E-state index in [1.807, 2.05) is 11.3 Å². The van der Waals surface area contributed by atoms with E-state index < -0.39 is 0 Å². The molecule has 1 aromatic carbocycles. The van der Waals surface area contributed by atoms with Gasteiger partial charge in [-0.1, -0.05) is 43.2 Å². The normalized spacial score (nSPS) is 27.8. The van der Waals surface area contributed by atoms with Crippen LogP contribution in [0.25, 0.3) is 10.1 Å². The Labute approximate surface area is 137 Å². The van der Waals surface area contributed by atoms with Gasteiger partial charge in [-0.25, -0.2) is 0 Å². The second-order valence-corrected chi connectivity index (χ2v) is 7.96. The van der Waals surface area contributed by atoms with Crippen LogP contribution >= 0.6 is 11.3 Å². The van der Waals surface area contributed by atoms with E-state index in [1.54, 1.807) is 5.56 Å². The summed E-state index contributed by atoms with van der Waals surface area (Å²) >= 11 is 1.90. The van der Waals surface area contributed by atoms with Crippen molar-refractivity contribution in [2.24, 2.45) is 11.8 Å². The first-order chi connectivity index (χ1) is 10.7. The van der Waals surface area contributed by atoms with Crippen LogP contribution in [0.1, 0.15) is 30.9 Å². The Morgan fingerprint density at radius 1 is 1.27 bits per heavy atom. The van der Waals surface area contributed by atoms with Gasteiger partial charge in [-0.15, -0.1) is 11.3 Å². The van der Waals surface area contributed by atoms with Crippen molar-refractivity contribution in [2.45, 2.75) is 39.2 Å². The molecule has 1 aliphatic carbocycles. The lowest BCUT2D eigenvalue weighted by atomic mass is 9.76.